The fraction of sp³-hybridized carbons (Fsp3) is 0.500. The molecular weight excluding hydrogens is 268 g/mol. The van der Waals surface area contributed by atoms with E-state index < -0.39 is 6.10 Å². The summed E-state index contributed by atoms with van der Waals surface area (Å²) in [5.41, 5.74) is 0.982. The molecule has 0 fully saturated rings. The van der Waals surface area contributed by atoms with Gasteiger partial charge < -0.3 is 14.4 Å². The number of nitrogens with zero attached hydrogens (tertiary/aromatic N) is 2. The number of aliphatic hydroxyl groups excluding tert-OH is 1. The third-order valence-corrected chi connectivity index (χ3v) is 3.51. The van der Waals surface area contributed by atoms with Crippen LogP contribution in [0.5, 0.6) is 0 Å². The molecule has 0 aliphatic carbocycles. The van der Waals surface area contributed by atoms with E-state index in [-0.39, 0.29) is 12.0 Å². The van der Waals surface area contributed by atoms with Crippen LogP contribution in [-0.4, -0.2) is 28.0 Å². The lowest BCUT2D eigenvalue weighted by atomic mass is 10.0. The van der Waals surface area contributed by atoms with Crippen LogP contribution >= 0.6 is 0 Å². The van der Waals surface area contributed by atoms with E-state index in [9.17, 15) is 5.11 Å². The van der Waals surface area contributed by atoms with Crippen LogP contribution in [0.4, 0.5) is 0 Å². The molecule has 2 rings (SSSR count). The van der Waals surface area contributed by atoms with Gasteiger partial charge in [-0.25, -0.2) is 0 Å². The molecule has 1 N–H and O–H groups in total. The highest BCUT2D eigenvalue weighted by atomic mass is 16.5. The molecule has 1 aromatic carbocycles. The number of aromatic nitrogens is 2. The fourth-order valence-corrected chi connectivity index (χ4v) is 2.17. The van der Waals surface area contributed by atoms with E-state index in [4.69, 9.17) is 9.26 Å². The SMILES string of the molecule is CCOC(c1ccccc1)c1noc(C(C)C(O)CC)n1. The quantitative estimate of drug-likeness (QED) is 0.848. The Bertz CT molecular complexity index is 541. The van der Waals surface area contributed by atoms with E-state index in [1.54, 1.807) is 0 Å². The van der Waals surface area contributed by atoms with Gasteiger partial charge in [-0.05, 0) is 18.9 Å². The molecule has 0 spiro atoms. The van der Waals surface area contributed by atoms with Gasteiger partial charge in [-0.15, -0.1) is 0 Å². The van der Waals surface area contributed by atoms with Gasteiger partial charge in [0.2, 0.25) is 11.7 Å². The molecular formula is C16H22N2O3. The van der Waals surface area contributed by atoms with Crippen LogP contribution in [0, 0.1) is 0 Å². The second kappa shape index (κ2) is 7.33. The average molecular weight is 290 g/mol. The molecule has 114 valence electrons. The molecule has 21 heavy (non-hydrogen) atoms. The van der Waals surface area contributed by atoms with Crippen molar-refractivity contribution in [3.8, 4) is 0 Å². The summed E-state index contributed by atoms with van der Waals surface area (Å²) >= 11 is 0. The summed E-state index contributed by atoms with van der Waals surface area (Å²) in [4.78, 5) is 4.41. The first-order valence-corrected chi connectivity index (χ1v) is 7.35. The van der Waals surface area contributed by atoms with Crippen molar-refractivity contribution < 1.29 is 14.4 Å². The zero-order chi connectivity index (χ0) is 15.2. The van der Waals surface area contributed by atoms with Crippen molar-refractivity contribution in [3.05, 3.63) is 47.6 Å². The van der Waals surface area contributed by atoms with Gasteiger partial charge in [0.25, 0.3) is 0 Å². The lowest BCUT2D eigenvalue weighted by molar-refractivity contribution is 0.0832. The molecule has 0 bridgehead atoms. The van der Waals surface area contributed by atoms with Crippen molar-refractivity contribution >= 4 is 0 Å². The zero-order valence-electron chi connectivity index (χ0n) is 12.7. The number of benzene rings is 1. The zero-order valence-corrected chi connectivity index (χ0v) is 12.7. The van der Waals surface area contributed by atoms with Gasteiger partial charge in [0, 0.05) is 6.61 Å². The van der Waals surface area contributed by atoms with Crippen LogP contribution in [0.25, 0.3) is 0 Å². The second-order valence-corrected chi connectivity index (χ2v) is 5.00. The van der Waals surface area contributed by atoms with Crippen molar-refractivity contribution in [2.75, 3.05) is 6.61 Å². The molecule has 1 heterocycles. The molecule has 0 saturated heterocycles. The number of hydrogen-bond acceptors (Lipinski definition) is 5. The van der Waals surface area contributed by atoms with Gasteiger partial charge in [0.1, 0.15) is 6.10 Å². The Morgan fingerprint density at radius 1 is 1.24 bits per heavy atom. The third kappa shape index (κ3) is 3.68. The number of rotatable bonds is 7. The predicted molar refractivity (Wildman–Crippen MR) is 78.9 cm³/mol. The Hall–Kier alpha value is -1.72. The van der Waals surface area contributed by atoms with Gasteiger partial charge in [-0.2, -0.15) is 4.98 Å². The van der Waals surface area contributed by atoms with E-state index in [0.29, 0.717) is 24.7 Å². The van der Waals surface area contributed by atoms with E-state index >= 15 is 0 Å². The molecule has 0 radical (unpaired) electrons. The summed E-state index contributed by atoms with van der Waals surface area (Å²) in [6.45, 7) is 6.28. The Labute approximate surface area is 125 Å². The minimum absolute atomic E-state index is 0.186. The predicted octanol–water partition coefficient (Wildman–Crippen LogP) is 3.07. The first kappa shape index (κ1) is 15.7. The standard InChI is InChI=1S/C16H22N2O3/c1-4-13(19)11(3)16-17-15(18-21-16)14(20-5-2)12-9-7-6-8-10-12/h6-11,13-14,19H,4-5H2,1-3H3. The van der Waals surface area contributed by atoms with Crippen LogP contribution in [0.2, 0.25) is 0 Å². The molecule has 2 aromatic rings. The van der Waals surface area contributed by atoms with Crippen LogP contribution in [0.1, 0.15) is 56.5 Å². The fourth-order valence-electron chi connectivity index (χ4n) is 2.17. The Balaban J connectivity index is 2.24. The van der Waals surface area contributed by atoms with Crippen LogP contribution in [-0.2, 0) is 4.74 Å². The van der Waals surface area contributed by atoms with Gasteiger partial charge in [-0.3, -0.25) is 0 Å². The second-order valence-electron chi connectivity index (χ2n) is 5.00. The first-order chi connectivity index (χ1) is 10.2. The molecule has 1 aromatic heterocycles. The molecule has 3 atom stereocenters. The molecule has 5 heteroatoms. The van der Waals surface area contributed by atoms with Crippen LogP contribution in [0.3, 0.4) is 0 Å². The van der Waals surface area contributed by atoms with Crippen molar-refractivity contribution in [2.24, 2.45) is 0 Å². The number of hydrogen-bond donors (Lipinski definition) is 1. The third-order valence-electron chi connectivity index (χ3n) is 3.51. The summed E-state index contributed by atoms with van der Waals surface area (Å²) in [7, 11) is 0. The van der Waals surface area contributed by atoms with Crippen molar-refractivity contribution in [3.63, 3.8) is 0 Å². The monoisotopic (exact) mass is 290 g/mol. The normalized spacial score (nSPS) is 15.6. The van der Waals surface area contributed by atoms with E-state index in [1.165, 1.54) is 0 Å². The largest absolute Gasteiger partial charge is 0.392 e. The molecule has 3 unspecified atom stereocenters. The van der Waals surface area contributed by atoms with Crippen LogP contribution < -0.4 is 0 Å². The van der Waals surface area contributed by atoms with Crippen molar-refractivity contribution in [1.29, 1.82) is 0 Å². The molecule has 0 aliphatic rings. The Kier molecular flexibility index (Phi) is 5.47. The minimum Gasteiger partial charge on any atom is -0.392 e. The van der Waals surface area contributed by atoms with Gasteiger partial charge in [0.15, 0.2) is 0 Å². The number of aliphatic hydroxyl groups is 1. The molecule has 5 nitrogen and oxygen atoms in total. The summed E-state index contributed by atoms with van der Waals surface area (Å²) < 4.78 is 11.0. The molecule has 0 saturated carbocycles. The van der Waals surface area contributed by atoms with E-state index in [0.717, 1.165) is 5.56 Å². The maximum atomic E-state index is 9.89. The van der Waals surface area contributed by atoms with Crippen LogP contribution in [0.15, 0.2) is 34.9 Å². The van der Waals surface area contributed by atoms with Gasteiger partial charge in [-0.1, -0.05) is 49.3 Å². The average Bonchev–Trinajstić information content (AvgIpc) is 3.01. The highest BCUT2D eigenvalue weighted by molar-refractivity contribution is 5.22. The first-order valence-electron chi connectivity index (χ1n) is 7.35. The van der Waals surface area contributed by atoms with Crippen molar-refractivity contribution in [2.45, 2.75) is 45.3 Å². The maximum absolute atomic E-state index is 9.89. The number of ether oxygens (including phenoxy) is 1. The smallest absolute Gasteiger partial charge is 0.232 e. The minimum atomic E-state index is -0.486. The highest BCUT2D eigenvalue weighted by Gasteiger charge is 2.25. The summed E-state index contributed by atoms with van der Waals surface area (Å²) in [5.74, 6) is 0.752. The lowest BCUT2D eigenvalue weighted by Crippen LogP contribution is -2.15. The highest BCUT2D eigenvalue weighted by Crippen LogP contribution is 2.26. The lowest BCUT2D eigenvalue weighted by Gasteiger charge is -2.14. The van der Waals surface area contributed by atoms with Gasteiger partial charge >= 0.3 is 0 Å². The van der Waals surface area contributed by atoms with E-state index in [2.05, 4.69) is 10.1 Å². The molecule has 0 aliphatic heterocycles. The summed E-state index contributed by atoms with van der Waals surface area (Å²) in [6, 6.07) is 9.80. The van der Waals surface area contributed by atoms with Crippen molar-refractivity contribution in [1.82, 2.24) is 10.1 Å². The summed E-state index contributed by atoms with van der Waals surface area (Å²) in [5, 5.41) is 13.9. The Morgan fingerprint density at radius 2 is 1.95 bits per heavy atom. The molecule has 0 amide bonds. The summed E-state index contributed by atoms with van der Waals surface area (Å²) in [6.07, 6.45) is -0.188. The van der Waals surface area contributed by atoms with E-state index in [1.807, 2.05) is 51.1 Å². The maximum Gasteiger partial charge on any atom is 0.232 e. The Morgan fingerprint density at radius 3 is 2.57 bits per heavy atom. The topological polar surface area (TPSA) is 68.4 Å². The van der Waals surface area contributed by atoms with Gasteiger partial charge in [0.05, 0.1) is 12.0 Å².